The Bertz CT molecular complexity index is 991. The van der Waals surface area contributed by atoms with Crippen LogP contribution in [0.3, 0.4) is 0 Å². The van der Waals surface area contributed by atoms with Crippen molar-refractivity contribution in [1.29, 1.82) is 0 Å². The van der Waals surface area contributed by atoms with Crippen molar-refractivity contribution >= 4 is 27.8 Å². The molecule has 1 heterocycles. The normalized spacial score (nSPS) is 15.2. The molecule has 9 heteroatoms. The molecule has 0 bridgehead atoms. The molecule has 1 atom stereocenters. The van der Waals surface area contributed by atoms with E-state index in [1.54, 1.807) is 12.1 Å². The molecule has 0 saturated carbocycles. The summed E-state index contributed by atoms with van der Waals surface area (Å²) in [6.45, 7) is 9.05. The van der Waals surface area contributed by atoms with Gasteiger partial charge in [0.25, 0.3) is 0 Å². The fourth-order valence-electron chi connectivity index (χ4n) is 3.65. The SMILES string of the molecule is CCCCCC.C[C@H](C(=O)O)N(CCN1CCOCC1)S(=O)(=O)c1ccc(Sc2ccccc2)cc1. The predicted octanol–water partition coefficient (Wildman–Crippen LogP) is 5.22. The van der Waals surface area contributed by atoms with Crippen molar-refractivity contribution < 1.29 is 23.1 Å². The van der Waals surface area contributed by atoms with Gasteiger partial charge < -0.3 is 9.84 Å². The Labute approximate surface area is 220 Å². The van der Waals surface area contributed by atoms with Crippen molar-refractivity contribution in [2.24, 2.45) is 0 Å². The van der Waals surface area contributed by atoms with E-state index in [4.69, 9.17) is 4.74 Å². The Morgan fingerprint density at radius 1 is 1.00 bits per heavy atom. The van der Waals surface area contributed by atoms with Gasteiger partial charge in [-0.1, -0.05) is 69.5 Å². The standard InChI is InChI=1S/C21H26N2O5S2.C6H14/c1-17(21(24)25)23(12-11-22-13-15-28-16-14-22)30(26,27)20-9-7-19(8-10-20)29-18-5-3-2-4-6-18;1-3-5-6-4-2/h2-10,17H,11-16H2,1H3,(H,24,25);3-6H2,1-2H3/t17-;/m1./s1. The van der Waals surface area contributed by atoms with Gasteiger partial charge in [-0.15, -0.1) is 0 Å². The lowest BCUT2D eigenvalue weighted by Gasteiger charge is -2.31. The number of carboxylic acid groups (broad SMARTS) is 1. The molecular formula is C27H40N2O5S2. The van der Waals surface area contributed by atoms with E-state index in [-0.39, 0.29) is 11.4 Å². The first-order valence-corrected chi connectivity index (χ1v) is 14.9. The van der Waals surface area contributed by atoms with Crippen LogP contribution < -0.4 is 0 Å². The van der Waals surface area contributed by atoms with Crippen LogP contribution >= 0.6 is 11.8 Å². The number of aliphatic carboxylic acids is 1. The number of unbranched alkanes of at least 4 members (excludes halogenated alkanes) is 3. The third-order valence-corrected chi connectivity index (χ3v) is 8.90. The zero-order chi connectivity index (χ0) is 26.4. The Hall–Kier alpha value is -1.91. The summed E-state index contributed by atoms with van der Waals surface area (Å²) in [5.41, 5.74) is 0. The maximum absolute atomic E-state index is 13.2. The lowest BCUT2D eigenvalue weighted by atomic mass is 10.2. The maximum atomic E-state index is 13.2. The molecule has 0 spiro atoms. The summed E-state index contributed by atoms with van der Waals surface area (Å²) in [6.07, 6.45) is 5.54. The number of morpholine rings is 1. The van der Waals surface area contributed by atoms with E-state index in [9.17, 15) is 18.3 Å². The van der Waals surface area contributed by atoms with Crippen LogP contribution in [0.2, 0.25) is 0 Å². The minimum atomic E-state index is -3.95. The molecule has 0 aromatic heterocycles. The van der Waals surface area contributed by atoms with Gasteiger partial charge in [-0.2, -0.15) is 4.31 Å². The molecule has 2 aromatic carbocycles. The first kappa shape index (κ1) is 30.3. The van der Waals surface area contributed by atoms with Gasteiger partial charge in [0.1, 0.15) is 6.04 Å². The lowest BCUT2D eigenvalue weighted by molar-refractivity contribution is -0.141. The van der Waals surface area contributed by atoms with E-state index in [0.717, 1.165) is 14.1 Å². The van der Waals surface area contributed by atoms with Crippen LogP contribution in [-0.4, -0.2) is 74.1 Å². The summed E-state index contributed by atoms with van der Waals surface area (Å²) in [5.74, 6) is -1.17. The highest BCUT2D eigenvalue weighted by Crippen LogP contribution is 2.29. The quantitative estimate of drug-likeness (QED) is 0.372. The van der Waals surface area contributed by atoms with Crippen molar-refractivity contribution in [3.63, 3.8) is 0 Å². The highest BCUT2D eigenvalue weighted by atomic mass is 32.2. The number of carboxylic acids is 1. The van der Waals surface area contributed by atoms with Crippen molar-refractivity contribution in [1.82, 2.24) is 9.21 Å². The second kappa shape index (κ2) is 16.0. The molecule has 0 amide bonds. The Morgan fingerprint density at radius 2 is 1.56 bits per heavy atom. The summed E-state index contributed by atoms with van der Waals surface area (Å²) >= 11 is 1.53. The zero-order valence-corrected chi connectivity index (χ0v) is 23.3. The smallest absolute Gasteiger partial charge is 0.321 e. The molecule has 1 N–H and O–H groups in total. The van der Waals surface area contributed by atoms with Gasteiger partial charge in [-0.25, -0.2) is 8.42 Å². The van der Waals surface area contributed by atoms with E-state index in [0.29, 0.717) is 32.8 Å². The molecule has 1 aliphatic rings. The first-order valence-electron chi connectivity index (χ1n) is 12.7. The van der Waals surface area contributed by atoms with Gasteiger partial charge in [0, 0.05) is 36.0 Å². The molecule has 0 aliphatic carbocycles. The topological polar surface area (TPSA) is 87.2 Å². The molecule has 1 fully saturated rings. The summed E-state index contributed by atoms with van der Waals surface area (Å²) in [7, 11) is -3.95. The van der Waals surface area contributed by atoms with Gasteiger partial charge in [-0.05, 0) is 43.3 Å². The molecule has 0 unspecified atom stereocenters. The monoisotopic (exact) mass is 536 g/mol. The van der Waals surface area contributed by atoms with Gasteiger partial charge in [0.2, 0.25) is 10.0 Å². The first-order chi connectivity index (χ1) is 17.3. The second-order valence-corrected chi connectivity index (χ2v) is 11.7. The summed E-state index contributed by atoms with van der Waals surface area (Å²) in [6, 6.07) is 15.2. The number of rotatable bonds is 12. The van der Waals surface area contributed by atoms with Crippen LogP contribution in [0.15, 0.2) is 69.3 Å². The molecule has 1 aliphatic heterocycles. The van der Waals surface area contributed by atoms with E-state index >= 15 is 0 Å². The summed E-state index contributed by atoms with van der Waals surface area (Å²) in [5, 5.41) is 9.46. The summed E-state index contributed by atoms with van der Waals surface area (Å²) < 4.78 is 32.9. The number of ether oxygens (including phenoxy) is 1. The zero-order valence-electron chi connectivity index (χ0n) is 21.6. The number of sulfonamides is 1. The van der Waals surface area contributed by atoms with Gasteiger partial charge in [0.05, 0.1) is 18.1 Å². The van der Waals surface area contributed by atoms with Crippen LogP contribution in [0.25, 0.3) is 0 Å². The number of carbonyl (C=O) groups is 1. The van der Waals surface area contributed by atoms with E-state index in [2.05, 4.69) is 18.7 Å². The van der Waals surface area contributed by atoms with Crippen molar-refractivity contribution in [2.45, 2.75) is 67.2 Å². The predicted molar refractivity (Wildman–Crippen MR) is 145 cm³/mol. The molecule has 7 nitrogen and oxygen atoms in total. The average Bonchev–Trinajstić information content (AvgIpc) is 2.89. The fourth-order valence-corrected chi connectivity index (χ4v) is 6.07. The summed E-state index contributed by atoms with van der Waals surface area (Å²) in [4.78, 5) is 15.7. The van der Waals surface area contributed by atoms with Crippen molar-refractivity contribution in [3.05, 3.63) is 54.6 Å². The van der Waals surface area contributed by atoms with Crippen molar-refractivity contribution in [2.75, 3.05) is 39.4 Å². The van der Waals surface area contributed by atoms with Crippen LogP contribution in [0.5, 0.6) is 0 Å². The van der Waals surface area contributed by atoms with Gasteiger partial charge in [0.15, 0.2) is 0 Å². The van der Waals surface area contributed by atoms with Crippen LogP contribution in [-0.2, 0) is 19.6 Å². The number of nitrogens with zero attached hydrogens (tertiary/aromatic N) is 2. The van der Waals surface area contributed by atoms with Crippen LogP contribution in [0, 0.1) is 0 Å². The fraction of sp³-hybridized carbons (Fsp3) is 0.519. The molecular weight excluding hydrogens is 496 g/mol. The maximum Gasteiger partial charge on any atom is 0.321 e. The third kappa shape index (κ3) is 9.86. The van der Waals surface area contributed by atoms with E-state index < -0.39 is 22.0 Å². The third-order valence-electron chi connectivity index (χ3n) is 5.90. The molecule has 2 aromatic rings. The molecule has 36 heavy (non-hydrogen) atoms. The number of hydrogen-bond acceptors (Lipinski definition) is 6. The van der Waals surface area contributed by atoms with E-state index in [1.807, 2.05) is 30.3 Å². The second-order valence-electron chi connectivity index (χ2n) is 8.68. The lowest BCUT2D eigenvalue weighted by Crippen LogP contribution is -2.48. The van der Waals surface area contributed by atoms with Crippen LogP contribution in [0.1, 0.15) is 46.5 Å². The Kier molecular flexibility index (Phi) is 13.5. The minimum absolute atomic E-state index is 0.0926. The minimum Gasteiger partial charge on any atom is -0.480 e. The number of benzene rings is 2. The van der Waals surface area contributed by atoms with E-state index in [1.165, 1.54) is 56.5 Å². The molecule has 200 valence electrons. The van der Waals surface area contributed by atoms with Crippen LogP contribution in [0.4, 0.5) is 0 Å². The Morgan fingerprint density at radius 3 is 2.08 bits per heavy atom. The van der Waals surface area contributed by atoms with Crippen molar-refractivity contribution in [3.8, 4) is 0 Å². The van der Waals surface area contributed by atoms with Gasteiger partial charge >= 0.3 is 5.97 Å². The number of hydrogen-bond donors (Lipinski definition) is 1. The largest absolute Gasteiger partial charge is 0.480 e. The highest BCUT2D eigenvalue weighted by molar-refractivity contribution is 7.99. The average molecular weight is 537 g/mol. The highest BCUT2D eigenvalue weighted by Gasteiger charge is 2.33. The molecule has 0 radical (unpaired) electrons. The van der Waals surface area contributed by atoms with Gasteiger partial charge in [-0.3, -0.25) is 9.69 Å². The molecule has 1 saturated heterocycles. The molecule has 3 rings (SSSR count). The Balaban J connectivity index is 0.000000678.